The van der Waals surface area contributed by atoms with Gasteiger partial charge in [-0.3, -0.25) is 0 Å². The van der Waals surface area contributed by atoms with Gasteiger partial charge in [0.2, 0.25) is 0 Å². The predicted molar refractivity (Wildman–Crippen MR) is 247 cm³/mol. The quantitative estimate of drug-likeness (QED) is 0.0369. The number of hydrogen-bond donors (Lipinski definition) is 3. The van der Waals surface area contributed by atoms with Crippen LogP contribution in [-0.4, -0.2) is 55.0 Å². The number of nitrogens with one attached hydrogen (secondary N) is 3. The molecule has 0 spiro atoms. The van der Waals surface area contributed by atoms with Crippen LogP contribution in [0.2, 0.25) is 10.6 Å². The van der Waals surface area contributed by atoms with Crippen molar-refractivity contribution < 1.29 is 0 Å². The first-order chi connectivity index (χ1) is 24.5. The minimum absolute atomic E-state index is 0.0995. The highest BCUT2D eigenvalue weighted by Crippen LogP contribution is 2.66. The van der Waals surface area contributed by atoms with E-state index < -0.39 is 16.2 Å². The van der Waals surface area contributed by atoms with Crippen LogP contribution in [0, 0.1) is 62.1 Å². The van der Waals surface area contributed by atoms with Crippen molar-refractivity contribution in [1.82, 2.24) is 20.9 Å². The Balaban J connectivity index is 3.62. The van der Waals surface area contributed by atoms with Crippen LogP contribution in [0.5, 0.6) is 0 Å². The summed E-state index contributed by atoms with van der Waals surface area (Å²) in [6, 6.07) is 2.79. The first-order valence-corrected chi connectivity index (χ1v) is 21.9. The molecule has 0 bridgehead atoms. The molecule has 1 aliphatic rings. The van der Waals surface area contributed by atoms with Gasteiger partial charge in [-0.15, -0.1) is 6.42 Å². The standard InChI is InChI=1S/C46H82BN5S2/c1-21-25-49-27-24-44(18,33-48)42(14,15)46(20,37(7)51-30-34(3)4)32-40(10,11)47-43(16,17)41(12,13)45(19,31-39(8,9)22-2)36(6)50-26-23-35(5)52-28-29-54-38(52)53/h1,34,47,49-51H,5-7,22-32H2,2-4,8-20H3. The third kappa shape index (κ3) is 11.6. The summed E-state index contributed by atoms with van der Waals surface area (Å²) in [6.07, 6.45) is 10.0. The van der Waals surface area contributed by atoms with Crippen LogP contribution in [-0.2, 0) is 0 Å². The molecule has 306 valence electrons. The molecule has 1 heterocycles. The summed E-state index contributed by atoms with van der Waals surface area (Å²) in [5.74, 6) is 4.17. The number of thioether (sulfide) groups is 1. The van der Waals surface area contributed by atoms with Gasteiger partial charge in [-0.2, -0.15) is 5.26 Å². The zero-order valence-corrected chi connectivity index (χ0v) is 39.6. The van der Waals surface area contributed by atoms with E-state index in [0.717, 1.165) is 79.8 Å². The Kier molecular flexibility index (Phi) is 17.7. The van der Waals surface area contributed by atoms with Crippen molar-refractivity contribution in [3.63, 3.8) is 0 Å². The monoisotopic (exact) mass is 780 g/mol. The van der Waals surface area contributed by atoms with Gasteiger partial charge < -0.3 is 20.9 Å². The Hall–Kier alpha value is -1.87. The Morgan fingerprint density at radius 2 is 1.46 bits per heavy atom. The van der Waals surface area contributed by atoms with Crippen LogP contribution >= 0.6 is 24.0 Å². The van der Waals surface area contributed by atoms with E-state index in [1.807, 2.05) is 0 Å². The lowest BCUT2D eigenvalue weighted by Crippen LogP contribution is -2.54. The molecule has 0 aromatic rings. The first-order valence-electron chi connectivity index (χ1n) is 20.5. The summed E-state index contributed by atoms with van der Waals surface area (Å²) in [4.78, 5) is 2.19. The molecule has 54 heavy (non-hydrogen) atoms. The van der Waals surface area contributed by atoms with E-state index in [1.165, 1.54) is 0 Å². The number of allylic oxidation sites excluding steroid dienone is 2. The second kappa shape index (κ2) is 19.1. The van der Waals surface area contributed by atoms with Gasteiger partial charge in [0.15, 0.2) is 0 Å². The van der Waals surface area contributed by atoms with Crippen LogP contribution in [0.1, 0.15) is 143 Å². The zero-order chi connectivity index (χ0) is 42.2. The average molecular weight is 780 g/mol. The fraction of sp³-hybridized carbons (Fsp3) is 0.783. The topological polar surface area (TPSA) is 63.1 Å². The summed E-state index contributed by atoms with van der Waals surface area (Å²) in [7, 11) is 0.986. The molecule has 3 unspecified atom stereocenters. The molecule has 0 radical (unpaired) electrons. The van der Waals surface area contributed by atoms with E-state index >= 15 is 0 Å². The third-order valence-electron chi connectivity index (χ3n) is 14.6. The Labute approximate surface area is 345 Å². The van der Waals surface area contributed by atoms with E-state index in [1.54, 1.807) is 11.8 Å². The van der Waals surface area contributed by atoms with Crippen molar-refractivity contribution in [3.05, 3.63) is 36.8 Å². The molecular weight excluding hydrogens is 697 g/mol. The molecule has 1 rings (SSSR count). The number of nitrogens with zero attached hydrogens (tertiary/aromatic N) is 2. The normalized spacial score (nSPS) is 17.8. The lowest BCUT2D eigenvalue weighted by molar-refractivity contribution is -0.00518. The maximum absolute atomic E-state index is 10.8. The van der Waals surface area contributed by atoms with Crippen LogP contribution < -0.4 is 16.0 Å². The van der Waals surface area contributed by atoms with Crippen molar-refractivity contribution in [2.24, 2.45) is 38.4 Å². The van der Waals surface area contributed by atoms with E-state index in [-0.39, 0.29) is 26.9 Å². The van der Waals surface area contributed by atoms with Crippen molar-refractivity contribution in [2.45, 2.75) is 154 Å². The molecule has 0 amide bonds. The molecule has 0 aliphatic carbocycles. The second-order valence-electron chi connectivity index (χ2n) is 20.8. The molecule has 0 aromatic carbocycles. The number of hydrogen-bond acceptors (Lipinski definition) is 6. The molecule has 0 saturated carbocycles. The van der Waals surface area contributed by atoms with Crippen LogP contribution in [0.15, 0.2) is 36.8 Å². The second-order valence-corrected chi connectivity index (χ2v) is 22.6. The summed E-state index contributed by atoms with van der Waals surface area (Å²) in [5, 5.41) is 21.6. The lowest BCUT2D eigenvalue weighted by Gasteiger charge is -2.59. The van der Waals surface area contributed by atoms with Gasteiger partial charge >= 0.3 is 0 Å². The van der Waals surface area contributed by atoms with Gasteiger partial charge in [0, 0.05) is 59.7 Å². The summed E-state index contributed by atoms with van der Waals surface area (Å²) in [6.45, 7) is 55.5. The molecule has 5 nitrogen and oxygen atoms in total. The Morgan fingerprint density at radius 3 is 1.94 bits per heavy atom. The van der Waals surface area contributed by atoms with Crippen molar-refractivity contribution in [2.75, 3.05) is 38.5 Å². The van der Waals surface area contributed by atoms with Gasteiger partial charge in [-0.25, -0.2) is 0 Å². The molecule has 8 heteroatoms. The molecule has 0 aromatic heterocycles. The SMILES string of the molecule is C#CCNCCC(C)(C#N)C(C)(C)C(C)(CC(C)(C)BC(C)(C)C(C)(C)C(C)(CC(C)(C)CC)C(=C)NCCC(=C)N1CCSC1=S)C(=C)NCC(C)C. The van der Waals surface area contributed by atoms with Crippen molar-refractivity contribution in [1.29, 1.82) is 5.26 Å². The minimum Gasteiger partial charge on any atom is -0.388 e. The number of nitriles is 1. The summed E-state index contributed by atoms with van der Waals surface area (Å²) in [5.41, 5.74) is 1.50. The maximum Gasteiger partial charge on any atom is 0.140 e. The highest BCUT2D eigenvalue weighted by Gasteiger charge is 2.58. The van der Waals surface area contributed by atoms with E-state index in [9.17, 15) is 5.26 Å². The van der Waals surface area contributed by atoms with Gasteiger partial charge in [-0.1, -0.05) is 171 Å². The Bertz CT molecular complexity index is 1410. The molecule has 1 fully saturated rings. The number of thiocarbonyl (C=S) groups is 1. The zero-order valence-electron chi connectivity index (χ0n) is 38.0. The van der Waals surface area contributed by atoms with E-state index in [2.05, 4.69) is 150 Å². The largest absolute Gasteiger partial charge is 0.388 e. The fourth-order valence-corrected chi connectivity index (χ4v) is 10.5. The third-order valence-corrected chi connectivity index (χ3v) is 16.0. The van der Waals surface area contributed by atoms with Gasteiger partial charge in [0.1, 0.15) is 11.6 Å². The fourth-order valence-electron chi connectivity index (χ4n) is 9.18. The van der Waals surface area contributed by atoms with Gasteiger partial charge in [-0.05, 0) is 54.9 Å². The molecule has 1 saturated heterocycles. The van der Waals surface area contributed by atoms with Crippen molar-refractivity contribution >= 4 is 35.6 Å². The van der Waals surface area contributed by atoms with Gasteiger partial charge in [0.05, 0.1) is 18.0 Å². The van der Waals surface area contributed by atoms with Gasteiger partial charge in [0.25, 0.3) is 0 Å². The highest BCUT2D eigenvalue weighted by atomic mass is 32.2. The average Bonchev–Trinajstić information content (AvgIpc) is 3.49. The molecular formula is C46H82BN5S2. The van der Waals surface area contributed by atoms with Crippen LogP contribution in [0.25, 0.3) is 0 Å². The van der Waals surface area contributed by atoms with E-state index in [4.69, 9.17) is 31.8 Å². The smallest absolute Gasteiger partial charge is 0.140 e. The molecule has 3 atom stereocenters. The summed E-state index contributed by atoms with van der Waals surface area (Å²) >= 11 is 7.32. The predicted octanol–water partition coefficient (Wildman–Crippen LogP) is 11.3. The molecule has 1 aliphatic heterocycles. The highest BCUT2D eigenvalue weighted by molar-refractivity contribution is 8.23. The number of terminal acetylenes is 1. The Morgan fingerprint density at radius 1 is 0.907 bits per heavy atom. The molecule has 3 N–H and O–H groups in total. The first kappa shape index (κ1) is 50.2. The lowest BCUT2D eigenvalue weighted by atomic mass is 9.29. The maximum atomic E-state index is 10.8. The minimum atomic E-state index is -0.631. The van der Waals surface area contributed by atoms with E-state index in [0.29, 0.717) is 25.4 Å². The van der Waals surface area contributed by atoms with Crippen LogP contribution in [0.3, 0.4) is 0 Å². The summed E-state index contributed by atoms with van der Waals surface area (Å²) < 4.78 is 0.937. The van der Waals surface area contributed by atoms with Crippen LogP contribution in [0.4, 0.5) is 0 Å². The van der Waals surface area contributed by atoms with Crippen molar-refractivity contribution in [3.8, 4) is 18.4 Å². The number of rotatable bonds is 25.